The third-order valence-corrected chi connectivity index (χ3v) is 2.65. The maximum atomic E-state index is 12.7. The quantitative estimate of drug-likeness (QED) is 0.594. The Labute approximate surface area is 119 Å². The third-order valence-electron chi connectivity index (χ3n) is 2.65. The van der Waals surface area contributed by atoms with Gasteiger partial charge in [0.1, 0.15) is 5.82 Å². The zero-order chi connectivity index (χ0) is 15.8. The highest BCUT2D eigenvalue weighted by Crippen LogP contribution is 2.03. The zero-order valence-corrected chi connectivity index (χ0v) is 11.0. The molecule has 1 atom stereocenters. The summed E-state index contributed by atoms with van der Waals surface area (Å²) in [5.41, 5.74) is 0.673. The van der Waals surface area contributed by atoms with E-state index in [0.29, 0.717) is 5.56 Å². The van der Waals surface area contributed by atoms with Gasteiger partial charge < -0.3 is 20.8 Å². The summed E-state index contributed by atoms with van der Waals surface area (Å²) in [6, 6.07) is 4.88. The SMILES string of the molecule is O=C(O)CC(CNC(=O)NCc1ccc(F)cc1)C(=O)O. The van der Waals surface area contributed by atoms with Crippen molar-refractivity contribution in [1.82, 2.24) is 10.6 Å². The predicted octanol–water partition coefficient (Wildman–Crippen LogP) is 0.800. The van der Waals surface area contributed by atoms with Crippen LogP contribution in [0.4, 0.5) is 9.18 Å². The predicted molar refractivity (Wildman–Crippen MR) is 70.0 cm³/mol. The van der Waals surface area contributed by atoms with Crippen molar-refractivity contribution in [2.24, 2.45) is 5.92 Å². The normalized spacial score (nSPS) is 11.5. The van der Waals surface area contributed by atoms with Crippen molar-refractivity contribution < 1.29 is 29.0 Å². The number of rotatable bonds is 7. The largest absolute Gasteiger partial charge is 0.481 e. The molecule has 114 valence electrons. The van der Waals surface area contributed by atoms with E-state index in [1.54, 1.807) is 0 Å². The lowest BCUT2D eigenvalue weighted by Gasteiger charge is -2.12. The van der Waals surface area contributed by atoms with Gasteiger partial charge in [0, 0.05) is 13.1 Å². The van der Waals surface area contributed by atoms with Crippen LogP contribution in [0, 0.1) is 11.7 Å². The first-order valence-electron chi connectivity index (χ1n) is 6.09. The summed E-state index contributed by atoms with van der Waals surface area (Å²) in [5.74, 6) is -4.13. The molecule has 0 saturated carbocycles. The number of halogens is 1. The second-order valence-electron chi connectivity index (χ2n) is 4.32. The molecule has 1 unspecified atom stereocenters. The Morgan fingerprint density at radius 1 is 1.10 bits per heavy atom. The van der Waals surface area contributed by atoms with Crippen LogP contribution in [0.15, 0.2) is 24.3 Å². The number of benzene rings is 1. The Bertz CT molecular complexity index is 518. The molecule has 8 heteroatoms. The van der Waals surface area contributed by atoms with Crippen molar-refractivity contribution in [3.63, 3.8) is 0 Å². The molecule has 0 fully saturated rings. The second kappa shape index (κ2) is 7.83. The molecule has 1 aromatic carbocycles. The summed E-state index contributed by atoms with van der Waals surface area (Å²) in [6.07, 6.45) is -0.576. The minimum absolute atomic E-state index is 0.142. The molecule has 1 rings (SSSR count). The first-order chi connectivity index (χ1) is 9.88. The van der Waals surface area contributed by atoms with Crippen LogP contribution >= 0.6 is 0 Å². The molecular weight excluding hydrogens is 283 g/mol. The summed E-state index contributed by atoms with van der Waals surface area (Å²) < 4.78 is 12.7. The Hall–Kier alpha value is -2.64. The Morgan fingerprint density at radius 3 is 2.24 bits per heavy atom. The molecule has 7 nitrogen and oxygen atoms in total. The Balaban J connectivity index is 2.37. The van der Waals surface area contributed by atoms with Gasteiger partial charge in [0.05, 0.1) is 12.3 Å². The minimum atomic E-state index is -1.30. The van der Waals surface area contributed by atoms with E-state index >= 15 is 0 Å². The number of urea groups is 1. The van der Waals surface area contributed by atoms with Crippen LogP contribution in [0.3, 0.4) is 0 Å². The number of nitrogens with one attached hydrogen (secondary N) is 2. The Kier molecular flexibility index (Phi) is 6.12. The number of carboxylic acid groups (broad SMARTS) is 2. The van der Waals surface area contributed by atoms with Crippen molar-refractivity contribution in [3.8, 4) is 0 Å². The fraction of sp³-hybridized carbons (Fsp3) is 0.308. The molecule has 0 aliphatic carbocycles. The molecule has 2 amide bonds. The van der Waals surface area contributed by atoms with Gasteiger partial charge in [-0.15, -0.1) is 0 Å². The molecule has 0 spiro atoms. The molecule has 0 aliphatic rings. The third kappa shape index (κ3) is 6.37. The fourth-order valence-corrected chi connectivity index (χ4v) is 1.52. The first kappa shape index (κ1) is 16.4. The van der Waals surface area contributed by atoms with Crippen LogP contribution in [0.1, 0.15) is 12.0 Å². The number of hydrogen-bond acceptors (Lipinski definition) is 3. The van der Waals surface area contributed by atoms with Gasteiger partial charge in [-0.05, 0) is 17.7 Å². The number of carboxylic acids is 2. The number of hydrogen-bond donors (Lipinski definition) is 4. The molecule has 4 N–H and O–H groups in total. The van der Waals surface area contributed by atoms with E-state index in [9.17, 15) is 18.8 Å². The van der Waals surface area contributed by atoms with Gasteiger partial charge in [-0.1, -0.05) is 12.1 Å². The lowest BCUT2D eigenvalue weighted by molar-refractivity contribution is -0.148. The van der Waals surface area contributed by atoms with Gasteiger partial charge in [-0.25, -0.2) is 9.18 Å². The van der Waals surface area contributed by atoms with Crippen LogP contribution in [0.25, 0.3) is 0 Å². The average molecular weight is 298 g/mol. The molecular formula is C13H15FN2O5. The topological polar surface area (TPSA) is 116 Å². The number of carbonyl (C=O) groups is 3. The van der Waals surface area contributed by atoms with Gasteiger partial charge in [-0.2, -0.15) is 0 Å². The lowest BCUT2D eigenvalue weighted by atomic mass is 10.1. The second-order valence-corrected chi connectivity index (χ2v) is 4.32. The zero-order valence-electron chi connectivity index (χ0n) is 11.0. The molecule has 1 aromatic rings. The molecule has 0 heterocycles. The summed E-state index contributed by atoms with van der Waals surface area (Å²) in [4.78, 5) is 32.7. The summed E-state index contributed by atoms with van der Waals surface area (Å²) >= 11 is 0. The highest BCUT2D eigenvalue weighted by atomic mass is 19.1. The van der Waals surface area contributed by atoms with E-state index in [2.05, 4.69) is 10.6 Å². The molecule has 0 bridgehead atoms. The highest BCUT2D eigenvalue weighted by Gasteiger charge is 2.21. The average Bonchev–Trinajstić information content (AvgIpc) is 2.42. The van der Waals surface area contributed by atoms with E-state index in [0.717, 1.165) is 0 Å². The molecule has 0 saturated heterocycles. The van der Waals surface area contributed by atoms with Crippen LogP contribution in [-0.4, -0.2) is 34.7 Å². The van der Waals surface area contributed by atoms with Crippen molar-refractivity contribution in [2.45, 2.75) is 13.0 Å². The van der Waals surface area contributed by atoms with Crippen LogP contribution in [0.5, 0.6) is 0 Å². The number of carbonyl (C=O) groups excluding carboxylic acids is 1. The van der Waals surface area contributed by atoms with Gasteiger partial charge in [0.2, 0.25) is 0 Å². The van der Waals surface area contributed by atoms with Gasteiger partial charge in [0.25, 0.3) is 0 Å². The van der Waals surface area contributed by atoms with E-state index in [1.807, 2.05) is 0 Å². The summed E-state index contributed by atoms with van der Waals surface area (Å²) in [5, 5.41) is 22.1. The van der Waals surface area contributed by atoms with Crippen molar-refractivity contribution >= 4 is 18.0 Å². The van der Waals surface area contributed by atoms with Gasteiger partial charge >= 0.3 is 18.0 Å². The van der Waals surface area contributed by atoms with Crippen LogP contribution < -0.4 is 10.6 Å². The molecule has 0 radical (unpaired) electrons. The Morgan fingerprint density at radius 2 is 1.71 bits per heavy atom. The van der Waals surface area contributed by atoms with Crippen molar-refractivity contribution in [3.05, 3.63) is 35.6 Å². The van der Waals surface area contributed by atoms with Gasteiger partial charge in [0.15, 0.2) is 0 Å². The van der Waals surface area contributed by atoms with Gasteiger partial charge in [-0.3, -0.25) is 9.59 Å². The highest BCUT2D eigenvalue weighted by molar-refractivity contribution is 5.79. The van der Waals surface area contributed by atoms with E-state index < -0.39 is 30.3 Å². The smallest absolute Gasteiger partial charge is 0.315 e. The first-order valence-corrected chi connectivity index (χ1v) is 6.09. The van der Waals surface area contributed by atoms with Crippen molar-refractivity contribution in [2.75, 3.05) is 6.54 Å². The minimum Gasteiger partial charge on any atom is -0.481 e. The van der Waals surface area contributed by atoms with Crippen LogP contribution in [0.2, 0.25) is 0 Å². The van der Waals surface area contributed by atoms with E-state index in [-0.39, 0.29) is 18.9 Å². The summed E-state index contributed by atoms with van der Waals surface area (Å²) in [7, 11) is 0. The molecule has 0 aliphatic heterocycles. The number of aliphatic carboxylic acids is 2. The number of amides is 2. The molecule has 21 heavy (non-hydrogen) atoms. The fourth-order valence-electron chi connectivity index (χ4n) is 1.52. The monoisotopic (exact) mass is 298 g/mol. The van der Waals surface area contributed by atoms with Crippen LogP contribution in [-0.2, 0) is 16.1 Å². The summed E-state index contributed by atoms with van der Waals surface area (Å²) in [6.45, 7) is -0.153. The standard InChI is InChI=1S/C13H15FN2O5/c14-10-3-1-8(2-4-10)6-15-13(21)16-7-9(12(19)20)5-11(17)18/h1-4,9H,5-7H2,(H,17,18)(H,19,20)(H2,15,16,21). The lowest BCUT2D eigenvalue weighted by Crippen LogP contribution is -2.40. The maximum absolute atomic E-state index is 12.7. The van der Waals surface area contributed by atoms with Crippen molar-refractivity contribution in [1.29, 1.82) is 0 Å². The van der Waals surface area contributed by atoms with E-state index in [4.69, 9.17) is 10.2 Å². The van der Waals surface area contributed by atoms with E-state index in [1.165, 1.54) is 24.3 Å². The molecule has 0 aromatic heterocycles. The maximum Gasteiger partial charge on any atom is 0.315 e.